The van der Waals surface area contributed by atoms with Gasteiger partial charge in [-0.3, -0.25) is 0 Å². The van der Waals surface area contributed by atoms with Crippen LogP contribution in [0.25, 0.3) is 0 Å². The molecule has 1 spiro atoms. The van der Waals surface area contributed by atoms with Gasteiger partial charge >= 0.3 is 0 Å². The Balaban J connectivity index is 1.65. The summed E-state index contributed by atoms with van der Waals surface area (Å²) in [6.45, 7) is 5.21. The van der Waals surface area contributed by atoms with Gasteiger partial charge < -0.3 is 15.1 Å². The maximum Gasteiger partial charge on any atom is 0.225 e. The zero-order chi connectivity index (χ0) is 16.9. The molecule has 0 amide bonds. The number of hydrogen-bond acceptors (Lipinski definition) is 5. The van der Waals surface area contributed by atoms with E-state index in [2.05, 4.69) is 27.0 Å². The highest BCUT2D eigenvalue weighted by Gasteiger charge is 2.71. The smallest absolute Gasteiger partial charge is 0.225 e. The van der Waals surface area contributed by atoms with Crippen molar-refractivity contribution in [2.24, 2.45) is 11.3 Å². The van der Waals surface area contributed by atoms with Gasteiger partial charge in [-0.15, -0.1) is 0 Å². The average molecular weight is 325 g/mol. The first-order chi connectivity index (χ1) is 11.6. The van der Waals surface area contributed by atoms with E-state index in [1.807, 2.05) is 38.1 Å². The van der Waals surface area contributed by atoms with Gasteiger partial charge in [0, 0.05) is 36.5 Å². The molecule has 2 fully saturated rings. The highest BCUT2D eigenvalue weighted by Crippen LogP contribution is 2.68. The predicted molar refractivity (Wildman–Crippen MR) is 91.9 cm³/mol. The molecule has 2 aromatic rings. The Kier molecular flexibility index (Phi) is 3.58. The fourth-order valence-corrected chi connectivity index (χ4v) is 4.57. The Labute approximate surface area is 142 Å². The summed E-state index contributed by atoms with van der Waals surface area (Å²) in [5.74, 6) is 0.958. The van der Waals surface area contributed by atoms with Gasteiger partial charge in [-0.1, -0.05) is 30.3 Å². The van der Waals surface area contributed by atoms with E-state index >= 15 is 0 Å². The van der Waals surface area contributed by atoms with Crippen LogP contribution in [0.4, 0.5) is 5.95 Å². The molecule has 24 heavy (non-hydrogen) atoms. The lowest BCUT2D eigenvalue weighted by molar-refractivity contribution is 0.113. The summed E-state index contributed by atoms with van der Waals surface area (Å²) in [4.78, 5) is 11.1. The Morgan fingerprint density at radius 2 is 1.83 bits per heavy atom. The number of anilines is 1. The van der Waals surface area contributed by atoms with E-state index in [-0.39, 0.29) is 23.9 Å². The first-order valence-electron chi connectivity index (χ1n) is 8.47. The van der Waals surface area contributed by atoms with Gasteiger partial charge in [0.15, 0.2) is 0 Å². The molecule has 4 atom stereocenters. The van der Waals surface area contributed by atoms with E-state index in [9.17, 15) is 10.2 Å². The molecule has 1 aromatic carbocycles. The van der Waals surface area contributed by atoms with Gasteiger partial charge in [0.25, 0.3) is 0 Å². The number of hydrogen-bond donors (Lipinski definition) is 2. The number of aryl methyl sites for hydroxylation is 2. The second kappa shape index (κ2) is 5.53. The lowest BCUT2D eigenvalue weighted by atomic mass is 9.95. The topological polar surface area (TPSA) is 69.5 Å². The standard InChI is InChI=1S/C19H23N3O2/c1-12-8-13(2)21-18(20-12)22-9-16(24)19(11-22)15(10-23)17(19)14-6-4-3-5-7-14/h3-8,15-17,23-24H,9-11H2,1-2H3/t15-,16-,17-,19-/m1/s1. The minimum atomic E-state index is -0.482. The minimum Gasteiger partial charge on any atom is -0.396 e. The third-order valence-electron chi connectivity index (χ3n) is 5.65. The minimum absolute atomic E-state index is 0.0887. The highest BCUT2D eigenvalue weighted by molar-refractivity contribution is 5.44. The van der Waals surface area contributed by atoms with Crippen LogP contribution < -0.4 is 4.90 Å². The first kappa shape index (κ1) is 15.5. The van der Waals surface area contributed by atoms with E-state index in [4.69, 9.17) is 0 Å². The van der Waals surface area contributed by atoms with E-state index in [0.29, 0.717) is 19.0 Å². The van der Waals surface area contributed by atoms with Crippen molar-refractivity contribution in [3.8, 4) is 0 Å². The van der Waals surface area contributed by atoms with Crippen LogP contribution in [-0.4, -0.2) is 46.0 Å². The van der Waals surface area contributed by atoms with Gasteiger partial charge in [0.05, 0.1) is 6.10 Å². The van der Waals surface area contributed by atoms with Crippen LogP contribution in [0.1, 0.15) is 22.9 Å². The second-order valence-corrected chi connectivity index (χ2v) is 7.14. The summed E-state index contributed by atoms with van der Waals surface area (Å²) in [5.41, 5.74) is 2.76. The van der Waals surface area contributed by atoms with Gasteiger partial charge in [-0.05, 0) is 37.3 Å². The molecular weight excluding hydrogens is 302 g/mol. The van der Waals surface area contributed by atoms with Crippen LogP contribution in [0.2, 0.25) is 0 Å². The maximum absolute atomic E-state index is 10.8. The average Bonchev–Trinajstić information content (AvgIpc) is 3.09. The van der Waals surface area contributed by atoms with Gasteiger partial charge in [-0.2, -0.15) is 0 Å². The van der Waals surface area contributed by atoms with E-state index in [0.717, 1.165) is 11.4 Å². The van der Waals surface area contributed by atoms with Crippen molar-refractivity contribution in [1.82, 2.24) is 9.97 Å². The van der Waals surface area contributed by atoms with Crippen LogP contribution in [-0.2, 0) is 0 Å². The molecule has 0 radical (unpaired) electrons. The molecule has 4 rings (SSSR count). The van der Waals surface area contributed by atoms with E-state index in [1.54, 1.807) is 0 Å². The molecule has 1 aromatic heterocycles. The summed E-state index contributed by atoms with van der Waals surface area (Å²) in [5, 5.41) is 20.7. The number of β-amino-alcohol motifs (C(OH)–C–C–N with tert-alkyl or cyclic N) is 1. The molecule has 2 aliphatic rings. The first-order valence-corrected chi connectivity index (χ1v) is 8.47. The van der Waals surface area contributed by atoms with Crippen LogP contribution in [0.5, 0.6) is 0 Å². The number of aromatic nitrogens is 2. The predicted octanol–water partition coefficient (Wildman–Crippen LogP) is 1.67. The normalized spacial score (nSPS) is 31.7. The number of aliphatic hydroxyl groups is 2. The van der Waals surface area contributed by atoms with Crippen molar-refractivity contribution in [2.45, 2.75) is 25.9 Å². The monoisotopic (exact) mass is 325 g/mol. The van der Waals surface area contributed by atoms with Crippen LogP contribution in [0, 0.1) is 25.2 Å². The van der Waals surface area contributed by atoms with Gasteiger partial charge in [0.2, 0.25) is 5.95 Å². The molecule has 1 saturated heterocycles. The molecule has 5 heteroatoms. The number of nitrogens with zero attached hydrogens (tertiary/aromatic N) is 3. The summed E-state index contributed by atoms with van der Waals surface area (Å²) in [6.07, 6.45) is -0.482. The van der Waals surface area contributed by atoms with E-state index < -0.39 is 6.10 Å². The summed E-state index contributed by atoms with van der Waals surface area (Å²) in [6, 6.07) is 12.2. The zero-order valence-electron chi connectivity index (χ0n) is 14.1. The summed E-state index contributed by atoms with van der Waals surface area (Å²) >= 11 is 0. The molecule has 1 aliphatic carbocycles. The molecule has 2 N–H and O–H groups in total. The zero-order valence-corrected chi connectivity index (χ0v) is 14.1. The third-order valence-corrected chi connectivity index (χ3v) is 5.65. The molecular formula is C19H23N3O2. The molecule has 1 saturated carbocycles. The number of benzene rings is 1. The SMILES string of the molecule is Cc1cc(C)nc(N2C[C@@H](O)[C@@]3(C2)[C@H](CO)[C@H]3c2ccccc2)n1. The molecule has 1 aliphatic heterocycles. The van der Waals surface area contributed by atoms with Crippen molar-refractivity contribution >= 4 is 5.95 Å². The quantitative estimate of drug-likeness (QED) is 0.898. The Bertz CT molecular complexity index is 731. The molecule has 0 unspecified atom stereocenters. The molecule has 126 valence electrons. The molecule has 2 heterocycles. The second-order valence-electron chi connectivity index (χ2n) is 7.14. The molecule has 0 bridgehead atoms. The lowest BCUT2D eigenvalue weighted by Crippen LogP contribution is -2.24. The van der Waals surface area contributed by atoms with Crippen LogP contribution >= 0.6 is 0 Å². The number of rotatable bonds is 3. The van der Waals surface area contributed by atoms with Gasteiger partial charge in [0.1, 0.15) is 0 Å². The van der Waals surface area contributed by atoms with E-state index in [1.165, 1.54) is 5.56 Å². The Morgan fingerprint density at radius 1 is 1.17 bits per heavy atom. The number of aliphatic hydroxyl groups excluding tert-OH is 2. The largest absolute Gasteiger partial charge is 0.396 e. The van der Waals surface area contributed by atoms with Crippen LogP contribution in [0.3, 0.4) is 0 Å². The maximum atomic E-state index is 10.8. The van der Waals surface area contributed by atoms with Crippen molar-refractivity contribution in [3.05, 3.63) is 53.3 Å². The van der Waals surface area contributed by atoms with Crippen molar-refractivity contribution in [1.29, 1.82) is 0 Å². The highest BCUT2D eigenvalue weighted by atomic mass is 16.3. The lowest BCUT2D eigenvalue weighted by Gasteiger charge is -2.17. The third kappa shape index (κ3) is 2.23. The van der Waals surface area contributed by atoms with Crippen LogP contribution in [0.15, 0.2) is 36.4 Å². The fraction of sp³-hybridized carbons (Fsp3) is 0.474. The summed E-state index contributed by atoms with van der Waals surface area (Å²) in [7, 11) is 0. The van der Waals surface area contributed by atoms with Crippen molar-refractivity contribution < 1.29 is 10.2 Å². The van der Waals surface area contributed by atoms with Gasteiger partial charge in [-0.25, -0.2) is 9.97 Å². The van der Waals surface area contributed by atoms with Crippen molar-refractivity contribution in [3.63, 3.8) is 0 Å². The Hall–Kier alpha value is -1.98. The Morgan fingerprint density at radius 3 is 2.46 bits per heavy atom. The van der Waals surface area contributed by atoms with Crippen molar-refractivity contribution in [2.75, 3.05) is 24.6 Å². The summed E-state index contributed by atoms with van der Waals surface area (Å²) < 4.78 is 0. The molecule has 5 nitrogen and oxygen atoms in total. The fourth-order valence-electron chi connectivity index (χ4n) is 4.57.